The number of nitrogens with zero attached hydrogens (tertiary/aromatic N) is 1. The smallest absolute Gasteiger partial charge is 0.475 e. The minimum atomic E-state index is -5.08. The molecule has 0 radical (unpaired) electrons. The molecule has 1 saturated heterocycles. The van der Waals surface area contributed by atoms with E-state index in [9.17, 15) is 18.0 Å². The molecule has 4 rings (SSSR count). The van der Waals surface area contributed by atoms with E-state index in [2.05, 4.69) is 33.8 Å². The van der Waals surface area contributed by atoms with Crippen molar-refractivity contribution in [3.8, 4) is 0 Å². The Balaban J connectivity index is 0.000000360. The fourth-order valence-corrected chi connectivity index (χ4v) is 3.50. The maximum absolute atomic E-state index is 12.5. The fourth-order valence-electron chi connectivity index (χ4n) is 3.50. The molecule has 172 valence electrons. The number of carbonyl (C=O) groups is 2. The van der Waals surface area contributed by atoms with E-state index >= 15 is 0 Å². The normalized spacial score (nSPS) is 16.0. The van der Waals surface area contributed by atoms with Gasteiger partial charge < -0.3 is 20.2 Å². The molecule has 1 amide bonds. The molecule has 1 atom stereocenters. The monoisotopic (exact) mass is 452 g/mol. The predicted octanol–water partition coefficient (Wildman–Crippen LogP) is 3.66. The standard InChI is InChI=1S/C19H22N4O2.C2HF3O2/c1-11-3-4-15-14(10-25-19(15)12(11)2)7-17(24)22-16-9-21-23-18(16)13-5-6-20-8-13;3-2(4,5)1(6)7/h3-4,9-10,13,20H,5-8H2,1-2H3,(H,21,23)(H,22,24);(H,6,7). The number of halogens is 3. The number of hydrogen-bond donors (Lipinski definition) is 4. The Labute approximate surface area is 181 Å². The number of benzene rings is 1. The van der Waals surface area contributed by atoms with Crippen LogP contribution in [0.1, 0.15) is 34.7 Å². The van der Waals surface area contributed by atoms with Gasteiger partial charge in [-0.25, -0.2) is 4.79 Å². The molecule has 3 heterocycles. The summed E-state index contributed by atoms with van der Waals surface area (Å²) in [5, 5.41) is 21.6. The Hall–Kier alpha value is -3.34. The summed E-state index contributed by atoms with van der Waals surface area (Å²) in [6.07, 6.45) is -0.376. The van der Waals surface area contributed by atoms with Crippen molar-refractivity contribution in [2.45, 2.75) is 38.8 Å². The lowest BCUT2D eigenvalue weighted by Crippen LogP contribution is -2.21. The van der Waals surface area contributed by atoms with Crippen LogP contribution in [0.4, 0.5) is 18.9 Å². The third-order valence-electron chi connectivity index (χ3n) is 5.35. The van der Waals surface area contributed by atoms with E-state index in [1.165, 1.54) is 5.56 Å². The molecule has 32 heavy (non-hydrogen) atoms. The zero-order chi connectivity index (χ0) is 23.5. The summed E-state index contributed by atoms with van der Waals surface area (Å²) in [4.78, 5) is 21.4. The van der Waals surface area contributed by atoms with Crippen molar-refractivity contribution in [1.82, 2.24) is 15.5 Å². The lowest BCUT2D eigenvalue weighted by Gasteiger charge is -2.10. The van der Waals surface area contributed by atoms with E-state index in [0.29, 0.717) is 5.92 Å². The van der Waals surface area contributed by atoms with Gasteiger partial charge in [0.2, 0.25) is 5.91 Å². The number of carboxylic acids is 1. The van der Waals surface area contributed by atoms with Crippen LogP contribution in [-0.2, 0) is 16.0 Å². The quantitative estimate of drug-likeness (QED) is 0.480. The minimum Gasteiger partial charge on any atom is -0.475 e. The number of aliphatic carboxylic acids is 1. The average molecular weight is 452 g/mol. The number of H-pyrrole nitrogens is 1. The molecule has 0 saturated carbocycles. The Morgan fingerprint density at radius 1 is 1.31 bits per heavy atom. The molecule has 0 bridgehead atoms. The van der Waals surface area contributed by atoms with Gasteiger partial charge in [0.25, 0.3) is 0 Å². The Morgan fingerprint density at radius 3 is 2.66 bits per heavy atom. The molecule has 3 aromatic rings. The number of carbonyl (C=O) groups excluding carboxylic acids is 1. The summed E-state index contributed by atoms with van der Waals surface area (Å²) in [7, 11) is 0. The number of alkyl halides is 3. The largest absolute Gasteiger partial charge is 0.490 e. The van der Waals surface area contributed by atoms with Gasteiger partial charge >= 0.3 is 12.1 Å². The number of fused-ring (bicyclic) bond motifs is 1. The van der Waals surface area contributed by atoms with Crippen molar-refractivity contribution in [2.75, 3.05) is 18.4 Å². The van der Waals surface area contributed by atoms with Crippen LogP contribution in [0.15, 0.2) is 29.0 Å². The molecule has 11 heteroatoms. The van der Waals surface area contributed by atoms with E-state index in [1.807, 2.05) is 13.0 Å². The second-order valence-electron chi connectivity index (χ2n) is 7.56. The molecule has 4 N–H and O–H groups in total. The van der Waals surface area contributed by atoms with E-state index in [-0.39, 0.29) is 12.3 Å². The highest BCUT2D eigenvalue weighted by molar-refractivity contribution is 5.96. The molecule has 2 aromatic heterocycles. The van der Waals surface area contributed by atoms with Gasteiger partial charge in [0.15, 0.2) is 0 Å². The number of aromatic nitrogens is 2. The van der Waals surface area contributed by atoms with Crippen LogP contribution in [0.2, 0.25) is 0 Å². The maximum Gasteiger partial charge on any atom is 0.490 e. The highest BCUT2D eigenvalue weighted by Gasteiger charge is 2.38. The van der Waals surface area contributed by atoms with Crippen molar-refractivity contribution in [3.05, 3.63) is 47.0 Å². The predicted molar refractivity (Wildman–Crippen MR) is 111 cm³/mol. The van der Waals surface area contributed by atoms with Gasteiger partial charge in [-0.1, -0.05) is 12.1 Å². The zero-order valence-corrected chi connectivity index (χ0v) is 17.5. The van der Waals surface area contributed by atoms with E-state index in [4.69, 9.17) is 14.3 Å². The van der Waals surface area contributed by atoms with Crippen molar-refractivity contribution in [2.24, 2.45) is 0 Å². The molecule has 0 aliphatic carbocycles. The first kappa shape index (κ1) is 23.3. The highest BCUT2D eigenvalue weighted by Crippen LogP contribution is 2.29. The first-order valence-corrected chi connectivity index (χ1v) is 9.88. The lowest BCUT2D eigenvalue weighted by molar-refractivity contribution is -0.192. The first-order chi connectivity index (χ1) is 15.1. The molecule has 1 aliphatic heterocycles. The maximum atomic E-state index is 12.5. The fraction of sp³-hybridized carbons (Fsp3) is 0.381. The van der Waals surface area contributed by atoms with Gasteiger partial charge in [0.05, 0.1) is 30.3 Å². The molecule has 0 spiro atoms. The number of nitrogens with one attached hydrogen (secondary N) is 3. The second kappa shape index (κ2) is 9.43. The third-order valence-corrected chi connectivity index (χ3v) is 5.35. The van der Waals surface area contributed by atoms with Crippen molar-refractivity contribution in [3.63, 3.8) is 0 Å². The number of aryl methyl sites for hydroxylation is 2. The zero-order valence-electron chi connectivity index (χ0n) is 17.5. The summed E-state index contributed by atoms with van der Waals surface area (Å²) in [5.41, 5.74) is 5.86. The van der Waals surface area contributed by atoms with Crippen LogP contribution in [-0.4, -0.2) is 46.4 Å². The number of aromatic amines is 1. The van der Waals surface area contributed by atoms with Crippen LogP contribution in [0.25, 0.3) is 11.0 Å². The van der Waals surface area contributed by atoms with E-state index < -0.39 is 12.1 Å². The molecule has 8 nitrogen and oxygen atoms in total. The van der Waals surface area contributed by atoms with Gasteiger partial charge in [0, 0.05) is 23.4 Å². The van der Waals surface area contributed by atoms with Crippen LogP contribution in [0.5, 0.6) is 0 Å². The Bertz CT molecular complexity index is 1110. The minimum absolute atomic E-state index is 0.0606. The first-order valence-electron chi connectivity index (χ1n) is 9.88. The Morgan fingerprint density at radius 2 is 2.03 bits per heavy atom. The molecule has 1 aromatic carbocycles. The van der Waals surface area contributed by atoms with E-state index in [0.717, 1.165) is 53.0 Å². The van der Waals surface area contributed by atoms with Crippen molar-refractivity contribution >= 4 is 28.5 Å². The number of amides is 1. The second-order valence-corrected chi connectivity index (χ2v) is 7.56. The number of anilines is 1. The topological polar surface area (TPSA) is 120 Å². The van der Waals surface area contributed by atoms with Gasteiger partial charge in [-0.2, -0.15) is 18.3 Å². The van der Waals surface area contributed by atoms with Crippen LogP contribution >= 0.6 is 0 Å². The number of rotatable bonds is 4. The van der Waals surface area contributed by atoms with E-state index in [1.54, 1.807) is 12.5 Å². The van der Waals surface area contributed by atoms with Crippen molar-refractivity contribution in [1.29, 1.82) is 0 Å². The highest BCUT2D eigenvalue weighted by atomic mass is 19.4. The number of carboxylic acid groups (broad SMARTS) is 1. The number of furan rings is 1. The summed E-state index contributed by atoms with van der Waals surface area (Å²) in [5.74, 6) is -2.44. The lowest BCUT2D eigenvalue weighted by atomic mass is 10.0. The van der Waals surface area contributed by atoms with Crippen LogP contribution in [0, 0.1) is 13.8 Å². The average Bonchev–Trinajstić information content (AvgIpc) is 3.45. The van der Waals surface area contributed by atoms with Gasteiger partial charge in [-0.3, -0.25) is 9.89 Å². The van der Waals surface area contributed by atoms with Gasteiger partial charge in [0.1, 0.15) is 5.58 Å². The summed E-state index contributed by atoms with van der Waals surface area (Å²) >= 11 is 0. The summed E-state index contributed by atoms with van der Waals surface area (Å²) in [6.45, 7) is 6.01. The van der Waals surface area contributed by atoms with Gasteiger partial charge in [-0.05, 0) is 37.9 Å². The molecule has 1 unspecified atom stereocenters. The molecule has 1 fully saturated rings. The van der Waals surface area contributed by atoms with Crippen LogP contribution < -0.4 is 10.6 Å². The summed E-state index contributed by atoms with van der Waals surface area (Å²) in [6, 6.07) is 4.09. The molecule has 1 aliphatic rings. The molecular formula is C21H23F3N4O4. The summed E-state index contributed by atoms with van der Waals surface area (Å²) < 4.78 is 37.4. The van der Waals surface area contributed by atoms with Crippen molar-refractivity contribution < 1.29 is 32.3 Å². The van der Waals surface area contributed by atoms with Gasteiger partial charge in [-0.15, -0.1) is 0 Å². The van der Waals surface area contributed by atoms with Crippen LogP contribution in [0.3, 0.4) is 0 Å². The number of hydrogen-bond acceptors (Lipinski definition) is 5. The Kier molecular flexibility index (Phi) is 6.87. The third kappa shape index (κ3) is 5.28. The molecular weight excluding hydrogens is 429 g/mol. The SMILES string of the molecule is Cc1ccc2c(CC(=O)Nc3cn[nH]c3C3CCNC3)coc2c1C.O=C(O)C(F)(F)F.